The summed E-state index contributed by atoms with van der Waals surface area (Å²) in [6.45, 7) is 3.37. The van der Waals surface area contributed by atoms with Crippen LogP contribution in [0.1, 0.15) is 37.4 Å². The Morgan fingerprint density at radius 2 is 1.64 bits per heavy atom. The van der Waals surface area contributed by atoms with Crippen molar-refractivity contribution in [1.82, 2.24) is 19.5 Å². The largest absolute Gasteiger partial charge is 0.463 e. The minimum Gasteiger partial charge on any atom is -0.463 e. The zero-order valence-electron chi connectivity index (χ0n) is 19.6. The molecule has 36 heavy (non-hydrogen) atoms. The number of benzene rings is 1. The molecule has 2 aromatic heterocycles. The van der Waals surface area contributed by atoms with Crippen LogP contribution >= 0.6 is 0 Å². The van der Waals surface area contributed by atoms with E-state index in [1.807, 2.05) is 0 Å². The molecular formula is C23H23N5O8. The van der Waals surface area contributed by atoms with Crippen molar-refractivity contribution in [2.45, 2.75) is 45.3 Å². The highest BCUT2D eigenvalue weighted by Gasteiger charge is 2.51. The predicted molar refractivity (Wildman–Crippen MR) is 121 cm³/mol. The van der Waals surface area contributed by atoms with Crippen molar-refractivity contribution in [2.24, 2.45) is 0 Å². The van der Waals surface area contributed by atoms with Crippen molar-refractivity contribution in [2.75, 3.05) is 11.9 Å². The molecule has 4 atom stereocenters. The van der Waals surface area contributed by atoms with Gasteiger partial charge in [-0.2, -0.15) is 0 Å². The van der Waals surface area contributed by atoms with Crippen LogP contribution in [0.2, 0.25) is 0 Å². The third-order valence-electron chi connectivity index (χ3n) is 5.24. The fourth-order valence-corrected chi connectivity index (χ4v) is 3.82. The Labute approximate surface area is 204 Å². The van der Waals surface area contributed by atoms with Gasteiger partial charge in [-0.15, -0.1) is 0 Å². The van der Waals surface area contributed by atoms with E-state index in [0.29, 0.717) is 5.56 Å². The molecule has 13 heteroatoms. The molecule has 0 unspecified atom stereocenters. The average molecular weight is 497 g/mol. The smallest absolute Gasteiger partial charge is 0.303 e. The van der Waals surface area contributed by atoms with Gasteiger partial charge in [-0.3, -0.25) is 23.7 Å². The van der Waals surface area contributed by atoms with Crippen LogP contribution in [-0.4, -0.2) is 68.3 Å². The van der Waals surface area contributed by atoms with Gasteiger partial charge >= 0.3 is 17.9 Å². The Balaban J connectivity index is 1.68. The van der Waals surface area contributed by atoms with Crippen molar-refractivity contribution in [1.29, 1.82) is 0 Å². The van der Waals surface area contributed by atoms with Crippen LogP contribution in [0, 0.1) is 0 Å². The summed E-state index contributed by atoms with van der Waals surface area (Å²) < 4.78 is 23.4. The van der Waals surface area contributed by atoms with E-state index in [4.69, 9.17) is 18.9 Å². The van der Waals surface area contributed by atoms with Gasteiger partial charge in [0.1, 0.15) is 19.0 Å². The number of esters is 3. The summed E-state index contributed by atoms with van der Waals surface area (Å²) in [6, 6.07) is 8.57. The number of nitrogens with one attached hydrogen (secondary N) is 1. The fraction of sp³-hybridized carbons (Fsp3) is 0.348. The van der Waals surface area contributed by atoms with Gasteiger partial charge < -0.3 is 24.3 Å². The maximum Gasteiger partial charge on any atom is 0.303 e. The zero-order valence-corrected chi connectivity index (χ0v) is 19.6. The first-order valence-corrected chi connectivity index (χ1v) is 10.9. The molecule has 0 radical (unpaired) electrons. The van der Waals surface area contributed by atoms with Crippen LogP contribution < -0.4 is 5.32 Å². The molecule has 1 saturated heterocycles. The summed E-state index contributed by atoms with van der Waals surface area (Å²) in [7, 11) is 0. The Kier molecular flexibility index (Phi) is 7.20. The number of hydrogen-bond donors (Lipinski definition) is 1. The average Bonchev–Trinajstić information content (AvgIpc) is 3.40. The molecule has 1 fully saturated rings. The number of ether oxygens (including phenoxy) is 4. The molecular weight excluding hydrogens is 474 g/mol. The Hall–Kier alpha value is -4.39. The van der Waals surface area contributed by atoms with Gasteiger partial charge in [0.25, 0.3) is 5.91 Å². The summed E-state index contributed by atoms with van der Waals surface area (Å²) in [5, 5.41) is 2.71. The molecule has 13 nitrogen and oxygen atoms in total. The van der Waals surface area contributed by atoms with Crippen molar-refractivity contribution in [3.05, 3.63) is 48.5 Å². The van der Waals surface area contributed by atoms with Gasteiger partial charge in [-0.05, 0) is 12.1 Å². The van der Waals surface area contributed by atoms with E-state index in [0.717, 1.165) is 0 Å². The summed E-state index contributed by atoms with van der Waals surface area (Å²) in [4.78, 5) is 60.4. The summed E-state index contributed by atoms with van der Waals surface area (Å²) in [6.07, 6.45) is -1.57. The molecule has 0 bridgehead atoms. The Morgan fingerprint density at radius 3 is 2.31 bits per heavy atom. The van der Waals surface area contributed by atoms with Crippen LogP contribution in [0.15, 0.2) is 43.0 Å². The van der Waals surface area contributed by atoms with Crippen molar-refractivity contribution in [3.63, 3.8) is 0 Å². The molecule has 1 amide bonds. The van der Waals surface area contributed by atoms with Gasteiger partial charge in [0.2, 0.25) is 0 Å². The number of amides is 1. The fourth-order valence-electron chi connectivity index (χ4n) is 3.82. The van der Waals surface area contributed by atoms with Crippen molar-refractivity contribution < 1.29 is 38.1 Å². The third kappa shape index (κ3) is 5.30. The van der Waals surface area contributed by atoms with E-state index in [2.05, 4.69) is 20.3 Å². The number of fused-ring (bicyclic) bond motifs is 1. The third-order valence-corrected chi connectivity index (χ3v) is 5.24. The van der Waals surface area contributed by atoms with E-state index in [-0.39, 0.29) is 23.6 Å². The van der Waals surface area contributed by atoms with E-state index in [9.17, 15) is 19.2 Å². The van der Waals surface area contributed by atoms with E-state index >= 15 is 0 Å². The number of carbonyl (C=O) groups is 4. The summed E-state index contributed by atoms with van der Waals surface area (Å²) in [5.41, 5.74) is 0.930. The van der Waals surface area contributed by atoms with Crippen LogP contribution in [0.3, 0.4) is 0 Å². The van der Waals surface area contributed by atoms with Crippen molar-refractivity contribution in [3.8, 4) is 0 Å². The molecule has 3 aromatic rings. The minimum atomic E-state index is -1.11. The number of hydrogen-bond acceptors (Lipinski definition) is 11. The molecule has 0 aliphatic carbocycles. The Morgan fingerprint density at radius 1 is 0.944 bits per heavy atom. The number of rotatable bonds is 7. The Bertz CT molecular complexity index is 1290. The van der Waals surface area contributed by atoms with Gasteiger partial charge in [0.05, 0.1) is 6.33 Å². The van der Waals surface area contributed by atoms with E-state index < -0.39 is 48.4 Å². The first-order valence-electron chi connectivity index (χ1n) is 10.9. The number of carbonyl (C=O) groups excluding carboxylic acids is 4. The van der Waals surface area contributed by atoms with Gasteiger partial charge in [-0.1, -0.05) is 18.2 Å². The number of imidazole rings is 1. The van der Waals surface area contributed by atoms with E-state index in [1.54, 1.807) is 30.3 Å². The van der Waals surface area contributed by atoms with Gasteiger partial charge in [0.15, 0.2) is 35.4 Å². The first kappa shape index (κ1) is 24.7. The highest BCUT2D eigenvalue weighted by molar-refractivity contribution is 6.06. The second kappa shape index (κ2) is 10.5. The lowest BCUT2D eigenvalue weighted by Crippen LogP contribution is -2.40. The first-order chi connectivity index (χ1) is 17.2. The quantitative estimate of drug-likeness (QED) is 0.371. The molecule has 0 saturated carbocycles. The van der Waals surface area contributed by atoms with Gasteiger partial charge in [0, 0.05) is 26.3 Å². The molecule has 188 valence electrons. The normalized spacial score (nSPS) is 21.1. The van der Waals surface area contributed by atoms with Crippen LogP contribution in [-0.2, 0) is 33.3 Å². The zero-order chi connectivity index (χ0) is 25.8. The topological polar surface area (TPSA) is 161 Å². The van der Waals surface area contributed by atoms with Crippen LogP contribution in [0.25, 0.3) is 11.2 Å². The minimum absolute atomic E-state index is 0.155. The molecule has 1 N–H and O–H groups in total. The lowest BCUT2D eigenvalue weighted by atomic mass is 10.1. The molecule has 1 aliphatic rings. The van der Waals surface area contributed by atoms with Crippen molar-refractivity contribution >= 4 is 40.8 Å². The lowest BCUT2D eigenvalue weighted by Gasteiger charge is -2.23. The maximum atomic E-state index is 12.6. The van der Waals surface area contributed by atoms with E-state index in [1.165, 1.54) is 38.0 Å². The molecule has 1 aromatic carbocycles. The summed E-state index contributed by atoms with van der Waals surface area (Å²) in [5.74, 6) is -2.09. The second-order valence-corrected chi connectivity index (χ2v) is 7.88. The SMILES string of the molecule is CC(=O)OC[C@H]1O[C@@H](n2cnc3c(NC(=O)c4ccccc4)ncnc32)[C@@H](OC(C)=O)[C@H]1OC(C)=O. The molecule has 0 spiro atoms. The monoisotopic (exact) mass is 497 g/mol. The lowest BCUT2D eigenvalue weighted by molar-refractivity contribution is -0.166. The van der Waals surface area contributed by atoms with Crippen LogP contribution in [0.5, 0.6) is 0 Å². The molecule has 3 heterocycles. The van der Waals surface area contributed by atoms with Crippen LogP contribution in [0.4, 0.5) is 5.82 Å². The molecule has 4 rings (SSSR count). The summed E-state index contributed by atoms with van der Waals surface area (Å²) >= 11 is 0. The molecule has 1 aliphatic heterocycles. The predicted octanol–water partition coefficient (Wildman–Crippen LogP) is 1.40. The van der Waals surface area contributed by atoms with Gasteiger partial charge in [-0.25, -0.2) is 15.0 Å². The highest BCUT2D eigenvalue weighted by atomic mass is 16.7. The number of nitrogens with zero attached hydrogens (tertiary/aromatic N) is 4. The highest BCUT2D eigenvalue weighted by Crippen LogP contribution is 2.36. The standard InChI is InChI=1S/C23H23N5O8/c1-12(29)33-9-16-18(34-13(2)30)19(35-14(3)31)23(36-16)28-11-26-17-20(24-10-25-21(17)28)27-22(32)15-7-5-4-6-8-15/h4-8,10-11,16,18-19,23H,9H2,1-3H3,(H,24,25,27,32)/t16-,18+,19+,23-/m1/s1. The second-order valence-electron chi connectivity index (χ2n) is 7.88. The number of aromatic nitrogens is 4. The maximum absolute atomic E-state index is 12.6. The number of anilines is 1.